The number of nitrogens with one attached hydrogen (secondary N) is 2. The van der Waals surface area contributed by atoms with Crippen molar-refractivity contribution in [3.8, 4) is 11.4 Å². The lowest BCUT2D eigenvalue weighted by molar-refractivity contribution is 0.0922. The van der Waals surface area contributed by atoms with Gasteiger partial charge < -0.3 is 20.5 Å². The summed E-state index contributed by atoms with van der Waals surface area (Å²) in [6.45, 7) is -0.439. The fourth-order valence-corrected chi connectivity index (χ4v) is 3.28. The van der Waals surface area contributed by atoms with Crippen LogP contribution in [0, 0.1) is 0 Å². The van der Waals surface area contributed by atoms with E-state index in [1.807, 2.05) is 0 Å². The van der Waals surface area contributed by atoms with Gasteiger partial charge in [0.1, 0.15) is 29.6 Å². The van der Waals surface area contributed by atoms with Gasteiger partial charge in [-0.15, -0.1) is 0 Å². The van der Waals surface area contributed by atoms with Crippen LogP contribution in [0.1, 0.15) is 11.8 Å². The van der Waals surface area contributed by atoms with Gasteiger partial charge in [-0.25, -0.2) is 19.9 Å². The third-order valence-corrected chi connectivity index (χ3v) is 4.68. The van der Waals surface area contributed by atoms with Crippen molar-refractivity contribution < 1.29 is 10.2 Å². The summed E-state index contributed by atoms with van der Waals surface area (Å²) in [6, 6.07) is 8.55. The van der Waals surface area contributed by atoms with E-state index in [-0.39, 0.29) is 5.69 Å². The quantitative estimate of drug-likeness (QED) is 0.392. The Morgan fingerprint density at radius 3 is 2.64 bits per heavy atom. The molecule has 0 saturated heterocycles. The lowest BCUT2D eigenvalue weighted by Crippen LogP contribution is -2.06. The van der Waals surface area contributed by atoms with Gasteiger partial charge in [-0.3, -0.25) is 0 Å². The van der Waals surface area contributed by atoms with Crippen molar-refractivity contribution >= 4 is 45.9 Å². The zero-order valence-corrected chi connectivity index (χ0v) is 15.8. The number of nitrogens with zero attached hydrogens (tertiary/aromatic N) is 4. The minimum Gasteiger partial charge on any atom is -0.393 e. The first-order valence-corrected chi connectivity index (χ1v) is 8.99. The summed E-state index contributed by atoms with van der Waals surface area (Å²) in [7, 11) is 0. The van der Waals surface area contributed by atoms with Crippen LogP contribution in [0.4, 0.5) is 11.6 Å². The van der Waals surface area contributed by atoms with Crippen LogP contribution in [-0.2, 0) is 0 Å². The number of aliphatic hydroxyl groups is 2. The first-order chi connectivity index (χ1) is 13.6. The van der Waals surface area contributed by atoms with Crippen LogP contribution in [0.5, 0.6) is 0 Å². The molecule has 0 aliphatic heterocycles. The Hall–Kier alpha value is -2.78. The highest BCUT2D eigenvalue weighted by molar-refractivity contribution is 6.39. The lowest BCUT2D eigenvalue weighted by Gasteiger charge is -2.09. The topological polar surface area (TPSA) is 120 Å². The third-order valence-electron chi connectivity index (χ3n) is 4.05. The second kappa shape index (κ2) is 7.69. The molecule has 4 rings (SSSR count). The van der Waals surface area contributed by atoms with E-state index in [4.69, 9.17) is 28.3 Å². The molecule has 1 aromatic carbocycles. The van der Waals surface area contributed by atoms with Gasteiger partial charge in [-0.05, 0) is 18.2 Å². The fourth-order valence-electron chi connectivity index (χ4n) is 2.71. The molecule has 4 N–H and O–H groups in total. The summed E-state index contributed by atoms with van der Waals surface area (Å²) in [6.07, 6.45) is 1.81. The maximum atomic E-state index is 9.75. The molecule has 0 saturated carbocycles. The minimum atomic E-state index is -1.09. The number of aromatic amines is 1. The molecule has 1 unspecified atom stereocenters. The van der Waals surface area contributed by atoms with Gasteiger partial charge in [0.15, 0.2) is 5.82 Å². The van der Waals surface area contributed by atoms with Crippen molar-refractivity contribution in [3.63, 3.8) is 0 Å². The highest BCUT2D eigenvalue weighted by Gasteiger charge is 2.16. The minimum absolute atomic E-state index is 0.290. The third kappa shape index (κ3) is 3.50. The Bertz CT molecular complexity index is 1130. The number of pyridine rings is 1. The number of aliphatic hydroxyl groups excluding tert-OH is 2. The van der Waals surface area contributed by atoms with Crippen LogP contribution in [0.25, 0.3) is 22.4 Å². The van der Waals surface area contributed by atoms with E-state index in [1.54, 1.807) is 30.5 Å². The maximum Gasteiger partial charge on any atom is 0.159 e. The van der Waals surface area contributed by atoms with Crippen molar-refractivity contribution in [3.05, 3.63) is 58.6 Å². The second-order valence-corrected chi connectivity index (χ2v) is 6.70. The maximum absolute atomic E-state index is 9.75. The van der Waals surface area contributed by atoms with Crippen LogP contribution >= 0.6 is 23.2 Å². The highest BCUT2D eigenvalue weighted by Crippen LogP contribution is 2.35. The Morgan fingerprint density at radius 1 is 1.11 bits per heavy atom. The van der Waals surface area contributed by atoms with Crippen molar-refractivity contribution in [1.82, 2.24) is 24.9 Å². The number of hydrogen-bond donors (Lipinski definition) is 4. The first-order valence-electron chi connectivity index (χ1n) is 8.24. The van der Waals surface area contributed by atoms with Crippen molar-refractivity contribution in [2.75, 3.05) is 11.9 Å². The molecule has 0 radical (unpaired) electrons. The number of anilines is 2. The molecule has 0 spiro atoms. The SMILES string of the molecule is OCC(O)c1cc(Nc2nccc3[nH]c(-c4c(Cl)cccc4Cl)nc23)ncn1. The van der Waals surface area contributed by atoms with Crippen LogP contribution in [0.2, 0.25) is 10.0 Å². The van der Waals surface area contributed by atoms with Gasteiger partial charge in [0.25, 0.3) is 0 Å². The summed E-state index contributed by atoms with van der Waals surface area (Å²) >= 11 is 12.6. The van der Waals surface area contributed by atoms with E-state index in [1.165, 1.54) is 12.4 Å². The molecule has 4 aromatic rings. The van der Waals surface area contributed by atoms with Crippen LogP contribution in [-0.4, -0.2) is 41.7 Å². The van der Waals surface area contributed by atoms with E-state index >= 15 is 0 Å². The van der Waals surface area contributed by atoms with Crippen molar-refractivity contribution in [2.24, 2.45) is 0 Å². The number of hydrogen-bond acceptors (Lipinski definition) is 7. The molecule has 3 heterocycles. The van der Waals surface area contributed by atoms with E-state index in [0.29, 0.717) is 38.6 Å². The second-order valence-electron chi connectivity index (χ2n) is 5.89. The number of H-pyrrole nitrogens is 1. The van der Waals surface area contributed by atoms with Gasteiger partial charge in [0.2, 0.25) is 0 Å². The zero-order chi connectivity index (χ0) is 19.7. The number of benzene rings is 1. The monoisotopic (exact) mass is 416 g/mol. The van der Waals surface area contributed by atoms with E-state index < -0.39 is 12.7 Å². The van der Waals surface area contributed by atoms with Crippen molar-refractivity contribution in [2.45, 2.75) is 6.10 Å². The van der Waals surface area contributed by atoms with Crippen molar-refractivity contribution in [1.29, 1.82) is 0 Å². The molecular weight excluding hydrogens is 403 g/mol. The molecule has 0 amide bonds. The number of halogens is 2. The summed E-state index contributed by atoms with van der Waals surface area (Å²) in [5.74, 6) is 1.37. The molecule has 1 atom stereocenters. The standard InChI is InChI=1S/C18H14Cl2N6O2/c19-9-2-1-3-10(20)15(9)17-24-11-4-5-21-18(16(11)26-17)25-14-6-12(13(28)7-27)22-8-23-14/h1-6,8,13,27-28H,7H2,(H,24,26)(H,21,22,23,25). The average molecular weight is 417 g/mol. The number of rotatable bonds is 5. The Balaban J connectivity index is 1.74. The normalized spacial score (nSPS) is 12.3. The van der Waals surface area contributed by atoms with Crippen LogP contribution in [0.15, 0.2) is 42.9 Å². The van der Waals surface area contributed by atoms with Gasteiger partial charge in [-0.2, -0.15) is 0 Å². The Morgan fingerprint density at radius 2 is 1.89 bits per heavy atom. The summed E-state index contributed by atoms with van der Waals surface area (Å²) < 4.78 is 0. The number of imidazole rings is 1. The first kappa shape index (κ1) is 18.6. The summed E-state index contributed by atoms with van der Waals surface area (Å²) in [4.78, 5) is 20.2. The number of aromatic nitrogens is 5. The predicted octanol–water partition coefficient (Wildman–Crippen LogP) is 3.49. The molecule has 3 aromatic heterocycles. The zero-order valence-electron chi connectivity index (χ0n) is 14.3. The molecule has 0 fully saturated rings. The molecule has 8 nitrogen and oxygen atoms in total. The molecule has 10 heteroatoms. The highest BCUT2D eigenvalue weighted by atomic mass is 35.5. The largest absolute Gasteiger partial charge is 0.393 e. The van der Waals surface area contributed by atoms with Crippen LogP contribution < -0.4 is 5.32 Å². The summed E-state index contributed by atoms with van der Waals surface area (Å²) in [5.41, 5.74) is 2.19. The smallest absolute Gasteiger partial charge is 0.159 e. The van der Waals surface area contributed by atoms with Gasteiger partial charge >= 0.3 is 0 Å². The predicted molar refractivity (Wildman–Crippen MR) is 107 cm³/mol. The lowest BCUT2D eigenvalue weighted by atomic mass is 10.2. The molecule has 142 valence electrons. The Kier molecular flexibility index (Phi) is 5.10. The Labute approximate surface area is 169 Å². The molecule has 0 aliphatic rings. The van der Waals surface area contributed by atoms with Crippen LogP contribution in [0.3, 0.4) is 0 Å². The fraction of sp³-hybridized carbons (Fsp3) is 0.111. The van der Waals surface area contributed by atoms with Gasteiger partial charge in [0, 0.05) is 12.3 Å². The number of fused-ring (bicyclic) bond motifs is 1. The van der Waals surface area contributed by atoms with Gasteiger partial charge in [-0.1, -0.05) is 29.3 Å². The molecule has 0 bridgehead atoms. The average Bonchev–Trinajstić information content (AvgIpc) is 3.12. The molecule has 0 aliphatic carbocycles. The molecular formula is C18H14Cl2N6O2. The molecule has 28 heavy (non-hydrogen) atoms. The van der Waals surface area contributed by atoms with E-state index in [0.717, 1.165) is 5.52 Å². The summed E-state index contributed by atoms with van der Waals surface area (Å²) in [5, 5.41) is 22.8. The van der Waals surface area contributed by atoms with Gasteiger partial charge in [0.05, 0.1) is 33.4 Å². The van der Waals surface area contributed by atoms with E-state index in [2.05, 4.69) is 30.2 Å². The van der Waals surface area contributed by atoms with E-state index in [9.17, 15) is 5.11 Å².